The van der Waals surface area contributed by atoms with Gasteiger partial charge in [-0.3, -0.25) is 0 Å². The van der Waals surface area contributed by atoms with Crippen molar-refractivity contribution in [1.82, 2.24) is 4.90 Å². The quantitative estimate of drug-likeness (QED) is 0.709. The van der Waals surface area contributed by atoms with Crippen LogP contribution in [-0.4, -0.2) is 38.5 Å². The van der Waals surface area contributed by atoms with E-state index in [1.54, 1.807) is 4.90 Å². The van der Waals surface area contributed by atoms with Gasteiger partial charge >= 0.3 is 6.09 Å². The van der Waals surface area contributed by atoms with E-state index in [0.29, 0.717) is 19.6 Å². The third-order valence-electron chi connectivity index (χ3n) is 5.48. The first-order valence-electron chi connectivity index (χ1n) is 9.15. The van der Waals surface area contributed by atoms with Gasteiger partial charge in [0.25, 0.3) is 0 Å². The number of rotatable bonds is 5. The van der Waals surface area contributed by atoms with Gasteiger partial charge in [0.05, 0.1) is 24.6 Å². The molecule has 0 bridgehead atoms. The third-order valence-corrected chi connectivity index (χ3v) is 9.98. The number of benzene rings is 1. The van der Waals surface area contributed by atoms with Crippen LogP contribution in [0.4, 0.5) is 4.79 Å². The highest BCUT2D eigenvalue weighted by Crippen LogP contribution is 2.37. The van der Waals surface area contributed by atoms with Gasteiger partial charge in [-0.1, -0.05) is 51.1 Å². The summed E-state index contributed by atoms with van der Waals surface area (Å²) in [6.07, 6.45) is 0.279. The van der Waals surface area contributed by atoms with E-state index in [1.165, 1.54) is 0 Å². The van der Waals surface area contributed by atoms with E-state index in [4.69, 9.17) is 9.16 Å². The van der Waals surface area contributed by atoms with Crippen LogP contribution >= 0.6 is 0 Å². The van der Waals surface area contributed by atoms with Crippen molar-refractivity contribution in [3.63, 3.8) is 0 Å². The molecule has 142 valence electrons. The third kappa shape index (κ3) is 5.09. The Hall–Kier alpha value is -1.84. The smallest absolute Gasteiger partial charge is 0.410 e. The van der Waals surface area contributed by atoms with Crippen LogP contribution in [0.15, 0.2) is 30.3 Å². The maximum atomic E-state index is 12.6. The summed E-state index contributed by atoms with van der Waals surface area (Å²) in [5.41, 5.74) is 0.950. The monoisotopic (exact) mass is 374 g/mol. The molecule has 1 aromatic carbocycles. The number of carbonyl (C=O) groups is 1. The van der Waals surface area contributed by atoms with Crippen molar-refractivity contribution in [3.8, 4) is 6.07 Å². The average molecular weight is 375 g/mol. The molecule has 0 spiro atoms. The molecule has 1 heterocycles. The lowest BCUT2D eigenvalue weighted by Gasteiger charge is -2.37. The van der Waals surface area contributed by atoms with Crippen molar-refractivity contribution in [2.24, 2.45) is 5.92 Å². The van der Waals surface area contributed by atoms with Gasteiger partial charge in [-0.2, -0.15) is 5.26 Å². The van der Waals surface area contributed by atoms with Gasteiger partial charge < -0.3 is 14.1 Å². The molecule has 6 heteroatoms. The van der Waals surface area contributed by atoms with Gasteiger partial charge in [0.1, 0.15) is 6.61 Å². The Morgan fingerprint density at radius 2 is 1.96 bits per heavy atom. The Labute approximate surface area is 158 Å². The van der Waals surface area contributed by atoms with Gasteiger partial charge in [0.2, 0.25) is 0 Å². The van der Waals surface area contributed by atoms with Crippen LogP contribution in [0.1, 0.15) is 32.8 Å². The molecule has 1 aliphatic heterocycles. The summed E-state index contributed by atoms with van der Waals surface area (Å²) in [4.78, 5) is 14.2. The molecule has 1 aliphatic rings. The second-order valence-corrected chi connectivity index (χ2v) is 13.3. The summed E-state index contributed by atoms with van der Waals surface area (Å²) in [6, 6.07) is 11.8. The summed E-state index contributed by atoms with van der Waals surface area (Å²) in [7, 11) is -1.90. The van der Waals surface area contributed by atoms with Crippen LogP contribution in [-0.2, 0) is 15.8 Å². The molecule has 1 saturated heterocycles. The van der Waals surface area contributed by atoms with Crippen molar-refractivity contribution in [2.75, 3.05) is 13.2 Å². The number of carbonyl (C=O) groups excluding carboxylic acids is 1. The highest BCUT2D eigenvalue weighted by molar-refractivity contribution is 6.74. The molecule has 0 unspecified atom stereocenters. The second kappa shape index (κ2) is 8.23. The van der Waals surface area contributed by atoms with Gasteiger partial charge in [0, 0.05) is 6.54 Å². The minimum absolute atomic E-state index is 0.1000. The van der Waals surface area contributed by atoms with Crippen LogP contribution in [0.2, 0.25) is 18.1 Å². The molecule has 2 rings (SSSR count). The molecule has 0 N–H and O–H groups in total. The van der Waals surface area contributed by atoms with E-state index in [0.717, 1.165) is 5.56 Å². The number of nitrogens with zero attached hydrogens (tertiary/aromatic N) is 2. The maximum Gasteiger partial charge on any atom is 0.410 e. The van der Waals surface area contributed by atoms with E-state index in [2.05, 4.69) is 39.9 Å². The minimum Gasteiger partial charge on any atom is -0.445 e. The minimum atomic E-state index is -1.90. The summed E-state index contributed by atoms with van der Waals surface area (Å²) >= 11 is 0. The number of hydrogen-bond donors (Lipinski definition) is 0. The lowest BCUT2D eigenvalue weighted by Crippen LogP contribution is -2.46. The van der Waals surface area contributed by atoms with E-state index >= 15 is 0 Å². The zero-order chi connectivity index (χ0) is 19.4. The Bertz CT molecular complexity index is 649. The highest BCUT2D eigenvalue weighted by Gasteiger charge is 2.41. The standard InChI is InChI=1S/C20H30N2O3Si/c1-20(2,3)26(4,5)25-15-18-11-17(12-21)13-22(18)19(23)24-14-16-9-7-6-8-10-16/h6-10,17-18H,11,13-15H2,1-5H3/t17-,18+/m1/s1. The van der Waals surface area contributed by atoms with Crippen molar-refractivity contribution in [1.29, 1.82) is 5.26 Å². The van der Waals surface area contributed by atoms with E-state index in [-0.39, 0.29) is 29.7 Å². The first-order chi connectivity index (χ1) is 12.1. The molecule has 0 saturated carbocycles. The second-order valence-electron chi connectivity index (χ2n) is 8.48. The molecule has 5 nitrogen and oxygen atoms in total. The fourth-order valence-corrected chi connectivity index (χ4v) is 3.76. The van der Waals surface area contributed by atoms with E-state index < -0.39 is 8.32 Å². The fraction of sp³-hybridized carbons (Fsp3) is 0.600. The van der Waals surface area contributed by atoms with Crippen molar-refractivity contribution in [3.05, 3.63) is 35.9 Å². The summed E-state index contributed by atoms with van der Waals surface area (Å²) in [6.45, 7) is 12.1. The summed E-state index contributed by atoms with van der Waals surface area (Å²) in [5.74, 6) is -0.160. The Morgan fingerprint density at radius 3 is 2.54 bits per heavy atom. The van der Waals surface area contributed by atoms with Crippen LogP contribution in [0.5, 0.6) is 0 Å². The topological polar surface area (TPSA) is 62.6 Å². The zero-order valence-corrected chi connectivity index (χ0v) is 17.5. The number of likely N-dealkylation sites (tertiary alicyclic amines) is 1. The van der Waals surface area contributed by atoms with Crippen molar-refractivity contribution in [2.45, 2.75) is 58.0 Å². The van der Waals surface area contributed by atoms with Gasteiger partial charge in [0.15, 0.2) is 8.32 Å². The Morgan fingerprint density at radius 1 is 1.31 bits per heavy atom. The zero-order valence-electron chi connectivity index (χ0n) is 16.5. The molecule has 1 aromatic rings. The van der Waals surface area contributed by atoms with Crippen molar-refractivity contribution < 1.29 is 14.0 Å². The van der Waals surface area contributed by atoms with Gasteiger partial charge in [-0.15, -0.1) is 0 Å². The molecule has 1 fully saturated rings. The van der Waals surface area contributed by atoms with Gasteiger partial charge in [-0.25, -0.2) is 4.79 Å². The molecule has 0 aliphatic carbocycles. The van der Waals surface area contributed by atoms with Gasteiger partial charge in [-0.05, 0) is 30.1 Å². The van der Waals surface area contributed by atoms with E-state index in [9.17, 15) is 10.1 Å². The fourth-order valence-electron chi connectivity index (χ4n) is 2.72. The van der Waals surface area contributed by atoms with Crippen LogP contribution in [0.25, 0.3) is 0 Å². The summed E-state index contributed by atoms with van der Waals surface area (Å²) in [5, 5.41) is 9.40. The molecular formula is C20H30N2O3Si. The largest absolute Gasteiger partial charge is 0.445 e. The maximum absolute atomic E-state index is 12.6. The van der Waals surface area contributed by atoms with E-state index in [1.807, 2.05) is 30.3 Å². The molecule has 2 atom stereocenters. The summed E-state index contributed by atoms with van der Waals surface area (Å²) < 4.78 is 11.8. The normalized spacial score (nSPS) is 20.7. The predicted octanol–water partition coefficient (Wildman–Crippen LogP) is 4.56. The molecule has 0 radical (unpaired) electrons. The van der Waals surface area contributed by atoms with Crippen LogP contribution < -0.4 is 0 Å². The average Bonchev–Trinajstić information content (AvgIpc) is 3.01. The SMILES string of the molecule is CC(C)(C)[Si](C)(C)OC[C@@H]1C[C@H](C#N)CN1C(=O)OCc1ccccc1. The molecular weight excluding hydrogens is 344 g/mol. The lowest BCUT2D eigenvalue weighted by atomic mass is 10.1. The van der Waals surface area contributed by atoms with Crippen LogP contribution in [0, 0.1) is 17.2 Å². The highest BCUT2D eigenvalue weighted by atomic mass is 28.4. The van der Waals surface area contributed by atoms with Crippen molar-refractivity contribution >= 4 is 14.4 Å². The Balaban J connectivity index is 1.98. The number of hydrogen-bond acceptors (Lipinski definition) is 4. The molecule has 1 amide bonds. The number of ether oxygens (including phenoxy) is 1. The Kier molecular flexibility index (Phi) is 6.48. The number of nitriles is 1. The lowest BCUT2D eigenvalue weighted by molar-refractivity contribution is 0.0805. The first-order valence-corrected chi connectivity index (χ1v) is 12.1. The predicted molar refractivity (Wildman–Crippen MR) is 104 cm³/mol. The first kappa shape index (κ1) is 20.5. The van der Waals surface area contributed by atoms with Crippen LogP contribution in [0.3, 0.4) is 0 Å². The molecule has 26 heavy (non-hydrogen) atoms. The number of amides is 1. The molecule has 0 aromatic heterocycles.